The van der Waals surface area contributed by atoms with Crippen LogP contribution >= 0.6 is 0 Å². The summed E-state index contributed by atoms with van der Waals surface area (Å²) in [5.41, 5.74) is 0. The molecule has 1 fully saturated rings. The molecule has 0 aromatic carbocycles. The number of hydrogen-bond acceptors (Lipinski definition) is 3. The average Bonchev–Trinajstić information content (AvgIpc) is 3.06. The maximum atomic E-state index is 12.5. The minimum Gasteiger partial charge on any atom is -0.357 e. The lowest BCUT2D eigenvalue weighted by Crippen LogP contribution is -2.41. The summed E-state index contributed by atoms with van der Waals surface area (Å²) in [6.45, 7) is 7.65. The van der Waals surface area contributed by atoms with E-state index in [0.717, 1.165) is 70.1 Å². The molecule has 1 aromatic heterocycles. The first-order valence-electron chi connectivity index (χ1n) is 10.7. The number of hydrogen-bond donors (Lipinski definition) is 2. The van der Waals surface area contributed by atoms with Crippen LogP contribution < -0.4 is 10.6 Å². The lowest BCUT2D eigenvalue weighted by Gasteiger charge is -2.32. The van der Waals surface area contributed by atoms with E-state index < -0.39 is 12.7 Å². The van der Waals surface area contributed by atoms with Crippen molar-refractivity contribution in [2.24, 2.45) is 10.9 Å². The molecule has 1 saturated heterocycles. The van der Waals surface area contributed by atoms with Gasteiger partial charge in [-0.2, -0.15) is 13.2 Å². The molecule has 0 spiro atoms. The van der Waals surface area contributed by atoms with Crippen LogP contribution in [0.4, 0.5) is 13.2 Å². The third-order valence-corrected chi connectivity index (χ3v) is 5.30. The van der Waals surface area contributed by atoms with E-state index in [1.54, 1.807) is 0 Å². The van der Waals surface area contributed by atoms with Crippen molar-refractivity contribution in [3.8, 4) is 0 Å². The van der Waals surface area contributed by atoms with Crippen molar-refractivity contribution in [2.45, 2.75) is 58.7 Å². The summed E-state index contributed by atoms with van der Waals surface area (Å²) in [6.07, 6.45) is 4.41. The highest BCUT2D eigenvalue weighted by Crippen LogP contribution is 2.23. The summed E-state index contributed by atoms with van der Waals surface area (Å²) in [6, 6.07) is 0. The largest absolute Gasteiger partial charge is 0.401 e. The third kappa shape index (κ3) is 9.51. The Morgan fingerprint density at radius 1 is 1.24 bits per heavy atom. The minimum absolute atomic E-state index is 0.480. The molecule has 0 bridgehead atoms. The fourth-order valence-corrected chi connectivity index (χ4v) is 3.65. The van der Waals surface area contributed by atoms with Gasteiger partial charge in [0.15, 0.2) is 5.96 Å². The van der Waals surface area contributed by atoms with Crippen LogP contribution in [-0.4, -0.2) is 65.9 Å². The van der Waals surface area contributed by atoms with Gasteiger partial charge in [0.05, 0.1) is 6.54 Å². The molecule has 1 aromatic rings. The molecule has 0 aliphatic carbocycles. The molecule has 0 radical (unpaired) electrons. The molecule has 1 aliphatic heterocycles. The fourth-order valence-electron chi connectivity index (χ4n) is 3.65. The summed E-state index contributed by atoms with van der Waals surface area (Å²) in [7, 11) is 0. The van der Waals surface area contributed by atoms with Crippen molar-refractivity contribution in [1.82, 2.24) is 25.1 Å². The molecule has 166 valence electrons. The molecule has 0 amide bonds. The summed E-state index contributed by atoms with van der Waals surface area (Å²) in [5, 5.41) is 6.62. The monoisotopic (exact) mass is 416 g/mol. The summed E-state index contributed by atoms with van der Waals surface area (Å²) in [4.78, 5) is 10.4. The quantitative estimate of drug-likeness (QED) is 0.349. The van der Waals surface area contributed by atoms with Crippen LogP contribution in [-0.2, 0) is 6.54 Å². The highest BCUT2D eigenvalue weighted by molar-refractivity contribution is 5.79. The van der Waals surface area contributed by atoms with Crippen molar-refractivity contribution >= 4 is 5.96 Å². The molecule has 29 heavy (non-hydrogen) atoms. The zero-order valence-corrected chi connectivity index (χ0v) is 17.6. The number of aromatic nitrogens is 2. The lowest BCUT2D eigenvalue weighted by atomic mass is 9.93. The second-order valence-electron chi connectivity index (χ2n) is 7.69. The van der Waals surface area contributed by atoms with Gasteiger partial charge in [0.2, 0.25) is 0 Å². The number of piperidine rings is 1. The summed E-state index contributed by atoms with van der Waals surface area (Å²) < 4.78 is 39.5. The third-order valence-electron chi connectivity index (χ3n) is 5.30. The first-order valence-corrected chi connectivity index (χ1v) is 10.7. The van der Waals surface area contributed by atoms with Crippen LogP contribution in [0, 0.1) is 12.8 Å². The molecule has 6 nitrogen and oxygen atoms in total. The van der Waals surface area contributed by atoms with Crippen LogP contribution in [0.2, 0.25) is 0 Å². The number of imidazole rings is 1. The Balaban J connectivity index is 1.61. The molecule has 2 rings (SSSR count). The number of likely N-dealkylation sites (tertiary alicyclic amines) is 1. The Kier molecular flexibility index (Phi) is 9.76. The van der Waals surface area contributed by atoms with Crippen molar-refractivity contribution in [3.63, 3.8) is 0 Å². The molecule has 0 saturated carbocycles. The number of nitrogens with zero attached hydrogens (tertiary/aromatic N) is 4. The predicted octanol–water partition coefficient (Wildman–Crippen LogP) is 3.19. The van der Waals surface area contributed by atoms with Gasteiger partial charge >= 0.3 is 6.18 Å². The summed E-state index contributed by atoms with van der Waals surface area (Å²) >= 11 is 0. The van der Waals surface area contributed by atoms with Gasteiger partial charge in [0.25, 0.3) is 0 Å². The van der Waals surface area contributed by atoms with Crippen LogP contribution in [0.3, 0.4) is 0 Å². The van der Waals surface area contributed by atoms with Gasteiger partial charge in [-0.3, -0.25) is 9.89 Å². The highest BCUT2D eigenvalue weighted by atomic mass is 19.4. The van der Waals surface area contributed by atoms with E-state index in [4.69, 9.17) is 0 Å². The van der Waals surface area contributed by atoms with Gasteiger partial charge in [-0.15, -0.1) is 0 Å². The van der Waals surface area contributed by atoms with Gasteiger partial charge in [0.1, 0.15) is 5.82 Å². The summed E-state index contributed by atoms with van der Waals surface area (Å²) in [5.74, 6) is 2.34. The molecule has 9 heteroatoms. The fraction of sp³-hybridized carbons (Fsp3) is 0.800. The van der Waals surface area contributed by atoms with Crippen molar-refractivity contribution in [1.29, 1.82) is 0 Å². The number of aryl methyl sites for hydroxylation is 2. The molecule has 0 atom stereocenters. The number of guanidine groups is 1. The topological polar surface area (TPSA) is 57.5 Å². The van der Waals surface area contributed by atoms with Gasteiger partial charge in [-0.25, -0.2) is 4.98 Å². The maximum absolute atomic E-state index is 12.5. The van der Waals surface area contributed by atoms with E-state index >= 15 is 0 Å². The first kappa shape index (κ1) is 23.5. The zero-order chi connectivity index (χ0) is 21.1. The number of alkyl halides is 3. The van der Waals surface area contributed by atoms with E-state index in [9.17, 15) is 13.2 Å². The number of unbranched alkanes of at least 4 members (excludes halogenated alkanes) is 1. The van der Waals surface area contributed by atoms with Crippen molar-refractivity contribution < 1.29 is 13.2 Å². The van der Waals surface area contributed by atoms with Gasteiger partial charge in [-0.05, 0) is 65.0 Å². The van der Waals surface area contributed by atoms with Crippen molar-refractivity contribution in [2.75, 3.05) is 39.3 Å². The van der Waals surface area contributed by atoms with Gasteiger partial charge in [0, 0.05) is 38.6 Å². The molecule has 2 N–H and O–H groups in total. The van der Waals surface area contributed by atoms with E-state index in [1.807, 2.05) is 26.2 Å². The molecular formula is C20H35F3N6. The SMILES string of the molecule is CCNC(=NCCCCn1ccnc1C)NCCC1CCN(CC(F)(F)F)CC1. The number of aliphatic imine (C=N–C) groups is 1. The second-order valence-corrected chi connectivity index (χ2v) is 7.69. The maximum Gasteiger partial charge on any atom is 0.401 e. The Labute approximate surface area is 172 Å². The van der Waals surface area contributed by atoms with E-state index in [0.29, 0.717) is 19.0 Å². The average molecular weight is 417 g/mol. The van der Waals surface area contributed by atoms with Crippen molar-refractivity contribution in [3.05, 3.63) is 18.2 Å². The van der Waals surface area contributed by atoms with E-state index in [2.05, 4.69) is 25.2 Å². The second kappa shape index (κ2) is 12.0. The van der Waals surface area contributed by atoms with Crippen LogP contribution in [0.1, 0.15) is 44.9 Å². The van der Waals surface area contributed by atoms with Crippen LogP contribution in [0.15, 0.2) is 17.4 Å². The smallest absolute Gasteiger partial charge is 0.357 e. The molecular weight excluding hydrogens is 381 g/mol. The van der Waals surface area contributed by atoms with Gasteiger partial charge < -0.3 is 15.2 Å². The zero-order valence-electron chi connectivity index (χ0n) is 17.6. The van der Waals surface area contributed by atoms with Crippen LogP contribution in [0.25, 0.3) is 0 Å². The standard InChI is InChI=1S/C20H35F3N6/c1-3-24-19(26-9-4-5-12-29-15-11-25-17(29)2)27-10-6-18-7-13-28(14-8-18)16-20(21,22)23/h11,15,18H,3-10,12-14,16H2,1-2H3,(H2,24,26,27). The molecule has 0 unspecified atom stereocenters. The lowest BCUT2D eigenvalue weighted by molar-refractivity contribution is -0.148. The highest BCUT2D eigenvalue weighted by Gasteiger charge is 2.32. The Bertz CT molecular complexity index is 606. The number of rotatable bonds is 10. The number of nitrogens with one attached hydrogen (secondary N) is 2. The van der Waals surface area contributed by atoms with Crippen LogP contribution in [0.5, 0.6) is 0 Å². The minimum atomic E-state index is -4.09. The normalized spacial score (nSPS) is 16.9. The molecule has 1 aliphatic rings. The van der Waals surface area contributed by atoms with Gasteiger partial charge in [-0.1, -0.05) is 0 Å². The van der Waals surface area contributed by atoms with E-state index in [-0.39, 0.29) is 0 Å². The Morgan fingerprint density at radius 3 is 2.62 bits per heavy atom. The Hall–Kier alpha value is -1.77. The number of halogens is 3. The molecule has 2 heterocycles. The first-order chi connectivity index (χ1) is 13.9. The predicted molar refractivity (Wildman–Crippen MR) is 110 cm³/mol. The van der Waals surface area contributed by atoms with E-state index in [1.165, 1.54) is 4.90 Å². The Morgan fingerprint density at radius 2 is 2.00 bits per heavy atom.